The molecule has 5 nitrogen and oxygen atoms in total. The Morgan fingerprint density at radius 2 is 2.15 bits per heavy atom. The van der Waals surface area contributed by atoms with Gasteiger partial charge in [0.05, 0.1) is 11.3 Å². The molecule has 1 aromatic rings. The number of amides is 1. The summed E-state index contributed by atoms with van der Waals surface area (Å²) in [7, 11) is 3.90. The van der Waals surface area contributed by atoms with Crippen LogP contribution in [-0.4, -0.2) is 49.0 Å². The lowest BCUT2D eigenvalue weighted by Crippen LogP contribution is -2.31. The molecule has 1 amide bonds. The Morgan fingerprint density at radius 1 is 1.45 bits per heavy atom. The Kier molecular flexibility index (Phi) is 6.45. The highest BCUT2D eigenvalue weighted by molar-refractivity contribution is 5.99. The Hall–Kier alpha value is -1.62. The zero-order valence-corrected chi connectivity index (χ0v) is 13.2. The number of pyridine rings is 1. The van der Waals surface area contributed by atoms with Crippen molar-refractivity contribution in [2.75, 3.05) is 32.5 Å². The van der Waals surface area contributed by atoms with Gasteiger partial charge in [0.1, 0.15) is 0 Å². The molecule has 0 fully saturated rings. The molecule has 0 atom stereocenters. The van der Waals surface area contributed by atoms with Crippen molar-refractivity contribution in [3.05, 3.63) is 23.5 Å². The van der Waals surface area contributed by atoms with Gasteiger partial charge in [0.2, 0.25) is 0 Å². The minimum atomic E-state index is -0.0750. The molecule has 0 saturated heterocycles. The second-order valence-electron chi connectivity index (χ2n) is 5.31. The average molecular weight is 278 g/mol. The molecule has 2 N–H and O–H groups in total. The minimum Gasteiger partial charge on any atom is -0.387 e. The van der Waals surface area contributed by atoms with Crippen molar-refractivity contribution in [1.29, 1.82) is 0 Å². The molecule has 1 aromatic heterocycles. The van der Waals surface area contributed by atoms with Crippen molar-refractivity contribution in [3.63, 3.8) is 0 Å². The van der Waals surface area contributed by atoms with Gasteiger partial charge in [-0.3, -0.25) is 9.78 Å². The predicted molar refractivity (Wildman–Crippen MR) is 83.2 cm³/mol. The van der Waals surface area contributed by atoms with Crippen LogP contribution < -0.4 is 10.6 Å². The molecular weight excluding hydrogens is 252 g/mol. The summed E-state index contributed by atoms with van der Waals surface area (Å²) < 4.78 is 0. The van der Waals surface area contributed by atoms with Crippen LogP contribution in [0.15, 0.2) is 12.3 Å². The Balaban J connectivity index is 2.47. The molecule has 1 rings (SSSR count). The molecule has 0 saturated carbocycles. The molecule has 0 spiro atoms. The van der Waals surface area contributed by atoms with Gasteiger partial charge in [-0.15, -0.1) is 0 Å². The average Bonchev–Trinajstić information content (AvgIpc) is 2.42. The fourth-order valence-electron chi connectivity index (χ4n) is 1.83. The largest absolute Gasteiger partial charge is 0.387 e. The summed E-state index contributed by atoms with van der Waals surface area (Å²) in [4.78, 5) is 18.6. The summed E-state index contributed by atoms with van der Waals surface area (Å²) in [5, 5.41) is 5.97. The Bertz CT molecular complexity index is 445. The molecule has 0 aromatic carbocycles. The van der Waals surface area contributed by atoms with Gasteiger partial charge in [0.15, 0.2) is 0 Å². The van der Waals surface area contributed by atoms with Crippen LogP contribution in [0.25, 0.3) is 0 Å². The number of aromatic nitrogens is 1. The fourth-order valence-corrected chi connectivity index (χ4v) is 1.83. The zero-order valence-electron chi connectivity index (χ0n) is 13.2. The van der Waals surface area contributed by atoms with Crippen molar-refractivity contribution in [1.82, 2.24) is 15.2 Å². The molecule has 112 valence electrons. The Labute approximate surface area is 121 Å². The number of nitrogens with one attached hydrogen (secondary N) is 2. The number of hydrogen-bond donors (Lipinski definition) is 2. The second kappa shape index (κ2) is 7.85. The van der Waals surface area contributed by atoms with E-state index in [1.165, 1.54) is 0 Å². The second-order valence-corrected chi connectivity index (χ2v) is 5.31. The van der Waals surface area contributed by atoms with E-state index in [9.17, 15) is 4.79 Å². The zero-order chi connectivity index (χ0) is 15.1. The topological polar surface area (TPSA) is 57.3 Å². The van der Waals surface area contributed by atoms with Gasteiger partial charge < -0.3 is 15.5 Å². The van der Waals surface area contributed by atoms with Crippen LogP contribution in [0, 0.1) is 6.92 Å². The van der Waals surface area contributed by atoms with Crippen molar-refractivity contribution in [3.8, 4) is 0 Å². The summed E-state index contributed by atoms with van der Waals surface area (Å²) in [6.45, 7) is 7.88. The van der Waals surface area contributed by atoms with E-state index in [1.54, 1.807) is 6.20 Å². The van der Waals surface area contributed by atoms with E-state index in [0.29, 0.717) is 18.2 Å². The molecule has 0 radical (unpaired) electrons. The quantitative estimate of drug-likeness (QED) is 0.748. The van der Waals surface area contributed by atoms with Crippen LogP contribution in [0.2, 0.25) is 0 Å². The van der Waals surface area contributed by atoms with Crippen LogP contribution in [0.5, 0.6) is 0 Å². The van der Waals surface area contributed by atoms with E-state index in [2.05, 4.69) is 41.4 Å². The number of aryl methyl sites for hydroxylation is 1. The molecule has 0 bridgehead atoms. The van der Waals surface area contributed by atoms with Crippen LogP contribution in [0.1, 0.15) is 36.3 Å². The monoisotopic (exact) mass is 278 g/mol. The smallest absolute Gasteiger partial charge is 0.254 e. The summed E-state index contributed by atoms with van der Waals surface area (Å²) in [5.41, 5.74) is 2.30. The molecular formula is C15H26N4O. The number of carbonyl (C=O) groups excluding carboxylic acids is 1. The van der Waals surface area contributed by atoms with Gasteiger partial charge in [0, 0.05) is 31.5 Å². The maximum atomic E-state index is 12.1. The summed E-state index contributed by atoms with van der Waals surface area (Å²) in [5.74, 6) is -0.0750. The first kappa shape index (κ1) is 16.4. The van der Waals surface area contributed by atoms with Crippen molar-refractivity contribution in [2.45, 2.75) is 33.2 Å². The molecule has 0 unspecified atom stereocenters. The molecule has 0 aliphatic rings. The number of hydrogen-bond acceptors (Lipinski definition) is 4. The predicted octanol–water partition coefficient (Wildman–Crippen LogP) is 1.89. The van der Waals surface area contributed by atoms with Crippen LogP contribution in [-0.2, 0) is 0 Å². The number of rotatable bonds is 7. The van der Waals surface area contributed by atoms with Crippen molar-refractivity contribution >= 4 is 11.6 Å². The van der Waals surface area contributed by atoms with Crippen LogP contribution in [0.3, 0.4) is 0 Å². The van der Waals surface area contributed by atoms with Crippen LogP contribution in [0.4, 0.5) is 5.69 Å². The SMILES string of the molecule is CNc1cc(C)ncc1C(=O)NCCCN(C)C(C)C. The first-order chi connectivity index (χ1) is 9.45. The van der Waals surface area contributed by atoms with Gasteiger partial charge >= 0.3 is 0 Å². The Morgan fingerprint density at radius 3 is 2.75 bits per heavy atom. The van der Waals surface area contributed by atoms with Crippen molar-refractivity contribution < 1.29 is 4.79 Å². The highest BCUT2D eigenvalue weighted by Gasteiger charge is 2.11. The molecule has 0 aliphatic heterocycles. The molecule has 20 heavy (non-hydrogen) atoms. The number of carbonyl (C=O) groups is 1. The highest BCUT2D eigenvalue weighted by Crippen LogP contribution is 2.14. The standard InChI is InChI=1S/C15H26N4O/c1-11(2)19(5)8-6-7-17-15(20)13-10-18-12(3)9-14(13)16-4/h9-11H,6-8H2,1-5H3,(H,16,18)(H,17,20). The van der Waals surface area contributed by atoms with E-state index in [-0.39, 0.29) is 5.91 Å². The normalized spacial score (nSPS) is 10.9. The lowest BCUT2D eigenvalue weighted by atomic mass is 10.2. The minimum absolute atomic E-state index is 0.0750. The van der Waals surface area contributed by atoms with Gasteiger partial charge in [0.25, 0.3) is 5.91 Å². The molecule has 5 heteroatoms. The van der Waals surface area contributed by atoms with E-state index < -0.39 is 0 Å². The van der Waals surface area contributed by atoms with Gasteiger partial charge in [-0.05, 0) is 46.9 Å². The maximum Gasteiger partial charge on any atom is 0.254 e. The first-order valence-electron chi connectivity index (χ1n) is 7.08. The first-order valence-corrected chi connectivity index (χ1v) is 7.08. The van der Waals surface area contributed by atoms with Gasteiger partial charge in [-0.2, -0.15) is 0 Å². The molecule has 1 heterocycles. The van der Waals surface area contributed by atoms with Crippen molar-refractivity contribution in [2.24, 2.45) is 0 Å². The van der Waals surface area contributed by atoms with E-state index in [4.69, 9.17) is 0 Å². The summed E-state index contributed by atoms with van der Waals surface area (Å²) in [6, 6.07) is 2.41. The third-order valence-electron chi connectivity index (χ3n) is 3.41. The fraction of sp³-hybridized carbons (Fsp3) is 0.600. The third-order valence-corrected chi connectivity index (χ3v) is 3.41. The van der Waals surface area contributed by atoms with E-state index in [1.807, 2.05) is 20.0 Å². The lowest BCUT2D eigenvalue weighted by molar-refractivity contribution is 0.0952. The highest BCUT2D eigenvalue weighted by atomic mass is 16.1. The van der Waals surface area contributed by atoms with E-state index in [0.717, 1.165) is 24.3 Å². The maximum absolute atomic E-state index is 12.1. The number of nitrogens with zero attached hydrogens (tertiary/aromatic N) is 2. The molecule has 0 aliphatic carbocycles. The van der Waals surface area contributed by atoms with Gasteiger partial charge in [-0.1, -0.05) is 0 Å². The summed E-state index contributed by atoms with van der Waals surface area (Å²) in [6.07, 6.45) is 2.56. The lowest BCUT2D eigenvalue weighted by Gasteiger charge is -2.20. The summed E-state index contributed by atoms with van der Waals surface area (Å²) >= 11 is 0. The third kappa shape index (κ3) is 4.81. The van der Waals surface area contributed by atoms with E-state index >= 15 is 0 Å². The number of anilines is 1. The van der Waals surface area contributed by atoms with Crippen LogP contribution >= 0.6 is 0 Å². The van der Waals surface area contributed by atoms with Gasteiger partial charge in [-0.25, -0.2) is 0 Å².